The molecule has 0 saturated carbocycles. The second kappa shape index (κ2) is 7.81. The van der Waals surface area contributed by atoms with E-state index < -0.39 is 0 Å². The van der Waals surface area contributed by atoms with Crippen molar-refractivity contribution in [2.24, 2.45) is 11.7 Å². The van der Waals surface area contributed by atoms with Gasteiger partial charge < -0.3 is 5.73 Å². The predicted octanol–water partition coefficient (Wildman–Crippen LogP) is 3.91. The molecule has 0 spiro atoms. The maximum Gasteiger partial charge on any atom is 0.0177 e. The Balaban J connectivity index is 0. The Bertz CT molecular complexity index is 111. The standard InChI is InChI=1S/C11H25N.BrH/c1-5-9-10(6-2)11(12,7-3)8-4;/h10H,5-9,12H2,1-4H3;1H. The molecule has 0 aromatic carbocycles. The van der Waals surface area contributed by atoms with E-state index in [2.05, 4.69) is 27.7 Å². The molecule has 0 fully saturated rings. The van der Waals surface area contributed by atoms with E-state index in [1.165, 1.54) is 19.3 Å². The Hall–Kier alpha value is 0.440. The van der Waals surface area contributed by atoms with Crippen molar-refractivity contribution >= 4 is 17.0 Å². The molecule has 0 rings (SSSR count). The van der Waals surface area contributed by atoms with Crippen LogP contribution in [0.1, 0.15) is 59.8 Å². The molecule has 1 unspecified atom stereocenters. The highest BCUT2D eigenvalue weighted by atomic mass is 79.9. The van der Waals surface area contributed by atoms with Crippen LogP contribution in [0.25, 0.3) is 0 Å². The Morgan fingerprint density at radius 3 is 1.77 bits per heavy atom. The second-order valence-electron chi connectivity index (χ2n) is 3.83. The average Bonchev–Trinajstić information content (AvgIpc) is 2.13. The van der Waals surface area contributed by atoms with Gasteiger partial charge in [-0.25, -0.2) is 0 Å². The van der Waals surface area contributed by atoms with Gasteiger partial charge in [-0.3, -0.25) is 0 Å². The number of hydrogen-bond acceptors (Lipinski definition) is 1. The first-order chi connectivity index (χ1) is 5.64. The van der Waals surface area contributed by atoms with Crippen molar-refractivity contribution in [3.05, 3.63) is 0 Å². The van der Waals surface area contributed by atoms with E-state index >= 15 is 0 Å². The molecule has 0 aromatic rings. The summed E-state index contributed by atoms with van der Waals surface area (Å²) < 4.78 is 0. The van der Waals surface area contributed by atoms with Gasteiger partial charge >= 0.3 is 0 Å². The Morgan fingerprint density at radius 2 is 1.54 bits per heavy atom. The molecule has 0 aliphatic heterocycles. The summed E-state index contributed by atoms with van der Waals surface area (Å²) >= 11 is 0. The fourth-order valence-electron chi connectivity index (χ4n) is 2.07. The van der Waals surface area contributed by atoms with Gasteiger partial charge in [0.05, 0.1) is 0 Å². The molecule has 0 amide bonds. The molecule has 82 valence electrons. The lowest BCUT2D eigenvalue weighted by Crippen LogP contribution is -2.45. The smallest absolute Gasteiger partial charge is 0.0177 e. The zero-order valence-corrected chi connectivity index (χ0v) is 11.3. The minimum atomic E-state index is 0. The summed E-state index contributed by atoms with van der Waals surface area (Å²) in [4.78, 5) is 0. The molecule has 0 heterocycles. The molecule has 13 heavy (non-hydrogen) atoms. The lowest BCUT2D eigenvalue weighted by molar-refractivity contribution is 0.229. The number of hydrogen-bond donors (Lipinski definition) is 1. The molecule has 0 aromatic heterocycles. The van der Waals surface area contributed by atoms with Crippen LogP contribution in [0.5, 0.6) is 0 Å². The predicted molar refractivity (Wildman–Crippen MR) is 66.5 cm³/mol. The lowest BCUT2D eigenvalue weighted by Gasteiger charge is -2.35. The third-order valence-corrected chi connectivity index (χ3v) is 3.26. The van der Waals surface area contributed by atoms with Gasteiger partial charge in [0.2, 0.25) is 0 Å². The zero-order chi connectivity index (χ0) is 9.61. The quantitative estimate of drug-likeness (QED) is 0.762. The normalized spacial score (nSPS) is 13.6. The first-order valence-corrected chi connectivity index (χ1v) is 5.43. The molecule has 2 N–H and O–H groups in total. The number of rotatable bonds is 6. The maximum atomic E-state index is 6.34. The molecule has 0 aliphatic rings. The van der Waals surface area contributed by atoms with Crippen molar-refractivity contribution in [3.8, 4) is 0 Å². The van der Waals surface area contributed by atoms with Crippen molar-refractivity contribution in [3.63, 3.8) is 0 Å². The third kappa shape index (κ3) is 4.46. The zero-order valence-electron chi connectivity index (χ0n) is 9.60. The maximum absolute atomic E-state index is 6.34. The SMILES string of the molecule is Br.CCCC(CC)C(N)(CC)CC. The highest BCUT2D eigenvalue weighted by Crippen LogP contribution is 2.28. The van der Waals surface area contributed by atoms with Crippen LogP contribution in [0, 0.1) is 5.92 Å². The van der Waals surface area contributed by atoms with Gasteiger partial charge in [0.25, 0.3) is 0 Å². The van der Waals surface area contributed by atoms with Crippen LogP contribution in [0.4, 0.5) is 0 Å². The Morgan fingerprint density at radius 1 is 1.08 bits per heavy atom. The molecular weight excluding hydrogens is 226 g/mol. The lowest BCUT2D eigenvalue weighted by atomic mass is 9.76. The summed E-state index contributed by atoms with van der Waals surface area (Å²) in [5.41, 5.74) is 6.44. The van der Waals surface area contributed by atoms with Crippen LogP contribution in [-0.4, -0.2) is 5.54 Å². The van der Waals surface area contributed by atoms with Crippen LogP contribution in [0.15, 0.2) is 0 Å². The Kier molecular flexibility index (Phi) is 9.55. The number of nitrogens with two attached hydrogens (primary N) is 1. The summed E-state index contributed by atoms with van der Waals surface area (Å²) in [6.07, 6.45) is 6.00. The first kappa shape index (κ1) is 15.9. The van der Waals surface area contributed by atoms with Gasteiger partial charge in [0.1, 0.15) is 0 Å². The van der Waals surface area contributed by atoms with Crippen molar-refractivity contribution in [1.82, 2.24) is 0 Å². The molecule has 0 bridgehead atoms. The van der Waals surface area contributed by atoms with E-state index in [0.717, 1.165) is 18.8 Å². The summed E-state index contributed by atoms with van der Waals surface area (Å²) in [5.74, 6) is 0.720. The summed E-state index contributed by atoms with van der Waals surface area (Å²) in [6, 6.07) is 0. The topological polar surface area (TPSA) is 26.0 Å². The molecule has 2 heteroatoms. The average molecular weight is 252 g/mol. The molecule has 0 saturated heterocycles. The van der Waals surface area contributed by atoms with E-state index in [4.69, 9.17) is 5.73 Å². The molecule has 1 atom stereocenters. The summed E-state index contributed by atoms with van der Waals surface area (Å²) in [7, 11) is 0. The van der Waals surface area contributed by atoms with Crippen LogP contribution in [0.3, 0.4) is 0 Å². The van der Waals surface area contributed by atoms with Crippen LogP contribution >= 0.6 is 17.0 Å². The van der Waals surface area contributed by atoms with Crippen LogP contribution in [0.2, 0.25) is 0 Å². The van der Waals surface area contributed by atoms with Crippen molar-refractivity contribution < 1.29 is 0 Å². The van der Waals surface area contributed by atoms with Gasteiger partial charge in [-0.15, -0.1) is 17.0 Å². The summed E-state index contributed by atoms with van der Waals surface area (Å²) in [5, 5.41) is 0. The first-order valence-electron chi connectivity index (χ1n) is 5.43. The minimum absolute atomic E-state index is 0. The fourth-order valence-corrected chi connectivity index (χ4v) is 2.07. The van der Waals surface area contributed by atoms with E-state index in [0.29, 0.717) is 0 Å². The van der Waals surface area contributed by atoms with Gasteiger partial charge in [-0.05, 0) is 25.2 Å². The third-order valence-electron chi connectivity index (χ3n) is 3.26. The molecule has 0 radical (unpaired) electrons. The number of halogens is 1. The molecular formula is C11H26BrN. The van der Waals surface area contributed by atoms with Crippen LogP contribution < -0.4 is 5.73 Å². The fraction of sp³-hybridized carbons (Fsp3) is 1.00. The highest BCUT2D eigenvalue weighted by Gasteiger charge is 2.28. The van der Waals surface area contributed by atoms with Gasteiger partial charge in [0, 0.05) is 5.54 Å². The van der Waals surface area contributed by atoms with E-state index in [1.54, 1.807) is 0 Å². The largest absolute Gasteiger partial charge is 0.325 e. The van der Waals surface area contributed by atoms with Gasteiger partial charge in [-0.1, -0.05) is 40.5 Å². The van der Waals surface area contributed by atoms with Crippen LogP contribution in [-0.2, 0) is 0 Å². The van der Waals surface area contributed by atoms with Crippen molar-refractivity contribution in [2.75, 3.05) is 0 Å². The van der Waals surface area contributed by atoms with E-state index in [9.17, 15) is 0 Å². The second-order valence-corrected chi connectivity index (χ2v) is 3.83. The van der Waals surface area contributed by atoms with Crippen molar-refractivity contribution in [1.29, 1.82) is 0 Å². The van der Waals surface area contributed by atoms with Gasteiger partial charge in [-0.2, -0.15) is 0 Å². The summed E-state index contributed by atoms with van der Waals surface area (Å²) in [6.45, 7) is 8.92. The molecule has 1 nitrogen and oxygen atoms in total. The highest BCUT2D eigenvalue weighted by molar-refractivity contribution is 8.93. The van der Waals surface area contributed by atoms with Crippen molar-refractivity contribution in [2.45, 2.75) is 65.3 Å². The minimum Gasteiger partial charge on any atom is -0.325 e. The monoisotopic (exact) mass is 251 g/mol. The Labute approximate surface area is 94.2 Å². The molecule has 0 aliphatic carbocycles. The van der Waals surface area contributed by atoms with Gasteiger partial charge in [0.15, 0.2) is 0 Å². The van der Waals surface area contributed by atoms with E-state index in [-0.39, 0.29) is 22.5 Å². The van der Waals surface area contributed by atoms with E-state index in [1.807, 2.05) is 0 Å².